The lowest BCUT2D eigenvalue weighted by Crippen LogP contribution is -2.28. The van der Waals surface area contributed by atoms with E-state index in [1.54, 1.807) is 10.7 Å². The molecule has 152 valence electrons. The number of fused-ring (bicyclic) bond motifs is 1. The Kier molecular flexibility index (Phi) is 5.25. The van der Waals surface area contributed by atoms with Crippen LogP contribution >= 0.6 is 0 Å². The third-order valence-corrected chi connectivity index (χ3v) is 5.53. The van der Waals surface area contributed by atoms with Crippen LogP contribution in [0.2, 0.25) is 0 Å². The molecular formula is C21H24F2N6. The van der Waals surface area contributed by atoms with Crippen LogP contribution in [0.4, 0.5) is 14.7 Å². The number of halogens is 2. The van der Waals surface area contributed by atoms with Crippen LogP contribution < -0.4 is 5.32 Å². The monoisotopic (exact) mass is 398 g/mol. The smallest absolute Gasteiger partial charge is 0.248 e. The van der Waals surface area contributed by atoms with Crippen molar-refractivity contribution in [1.82, 2.24) is 24.6 Å². The van der Waals surface area contributed by atoms with Gasteiger partial charge in [0, 0.05) is 42.9 Å². The highest BCUT2D eigenvalue weighted by Gasteiger charge is 2.34. The van der Waals surface area contributed by atoms with E-state index in [-0.39, 0.29) is 18.8 Å². The van der Waals surface area contributed by atoms with Crippen LogP contribution in [-0.2, 0) is 0 Å². The quantitative estimate of drug-likeness (QED) is 0.685. The molecule has 1 aliphatic rings. The third-order valence-electron chi connectivity index (χ3n) is 5.53. The number of rotatable bonds is 5. The van der Waals surface area contributed by atoms with Crippen molar-refractivity contribution in [3.63, 3.8) is 0 Å². The Labute approximate surface area is 168 Å². The molecule has 0 aromatic carbocycles. The van der Waals surface area contributed by atoms with Gasteiger partial charge >= 0.3 is 0 Å². The molecule has 0 spiro atoms. The van der Waals surface area contributed by atoms with Crippen molar-refractivity contribution in [1.29, 1.82) is 0 Å². The molecule has 6 nitrogen and oxygen atoms in total. The molecule has 0 radical (unpaired) electrons. The standard InChI is InChI=1S/C21H24F2N6/c1-3-17(16-4-5-19-26-13-27-29(19)12-16)18-11-25-20(28-14(18)2)24-10-15-6-8-21(22,23)9-7-15/h3-5,11-13,15H,6-10H2,1-2H3,(H,24,25,28)/b17-3-. The van der Waals surface area contributed by atoms with E-state index < -0.39 is 5.92 Å². The van der Waals surface area contributed by atoms with Gasteiger partial charge in [0.1, 0.15) is 6.33 Å². The van der Waals surface area contributed by atoms with Gasteiger partial charge in [-0.3, -0.25) is 0 Å². The van der Waals surface area contributed by atoms with Gasteiger partial charge in [0.05, 0.1) is 5.69 Å². The van der Waals surface area contributed by atoms with Crippen molar-refractivity contribution in [3.05, 3.63) is 53.8 Å². The lowest BCUT2D eigenvalue weighted by Gasteiger charge is -2.28. The first-order valence-corrected chi connectivity index (χ1v) is 9.87. The van der Waals surface area contributed by atoms with Crippen molar-refractivity contribution in [3.8, 4) is 0 Å². The molecule has 0 aliphatic heterocycles. The van der Waals surface area contributed by atoms with E-state index in [1.165, 1.54) is 6.33 Å². The summed E-state index contributed by atoms with van der Waals surface area (Å²) in [5.41, 5.74) is 4.60. The van der Waals surface area contributed by atoms with Gasteiger partial charge < -0.3 is 5.32 Å². The fraction of sp³-hybridized carbons (Fsp3) is 0.429. The Hall–Kier alpha value is -2.90. The average molecular weight is 398 g/mol. The molecule has 8 heteroatoms. The average Bonchev–Trinajstić information content (AvgIpc) is 3.17. The van der Waals surface area contributed by atoms with Crippen molar-refractivity contribution in [2.45, 2.75) is 45.5 Å². The van der Waals surface area contributed by atoms with E-state index >= 15 is 0 Å². The number of nitrogens with one attached hydrogen (secondary N) is 1. The molecule has 3 heterocycles. The molecule has 0 bridgehead atoms. The molecule has 1 fully saturated rings. The van der Waals surface area contributed by atoms with Gasteiger partial charge in [-0.05, 0) is 50.3 Å². The zero-order valence-electron chi connectivity index (χ0n) is 16.6. The highest BCUT2D eigenvalue weighted by atomic mass is 19.3. The van der Waals surface area contributed by atoms with Crippen LogP contribution in [0.25, 0.3) is 11.2 Å². The summed E-state index contributed by atoms with van der Waals surface area (Å²) in [5, 5.41) is 7.41. The lowest BCUT2D eigenvalue weighted by molar-refractivity contribution is -0.0443. The number of hydrogen-bond donors (Lipinski definition) is 1. The molecular weight excluding hydrogens is 374 g/mol. The van der Waals surface area contributed by atoms with E-state index in [1.807, 2.05) is 38.3 Å². The number of alkyl halides is 2. The predicted octanol–water partition coefficient (Wildman–Crippen LogP) is 4.52. The van der Waals surface area contributed by atoms with E-state index in [0.29, 0.717) is 25.3 Å². The van der Waals surface area contributed by atoms with Crippen molar-refractivity contribution >= 4 is 17.2 Å². The number of aromatic nitrogens is 5. The summed E-state index contributed by atoms with van der Waals surface area (Å²) in [5.74, 6) is -1.73. The number of allylic oxidation sites excluding steroid dienone is 1. The Morgan fingerprint density at radius 3 is 2.79 bits per heavy atom. The summed E-state index contributed by atoms with van der Waals surface area (Å²) in [7, 11) is 0. The molecule has 0 saturated heterocycles. The summed E-state index contributed by atoms with van der Waals surface area (Å²) in [6.07, 6.45) is 8.30. The number of hydrogen-bond acceptors (Lipinski definition) is 5. The fourth-order valence-corrected chi connectivity index (χ4v) is 3.81. The second-order valence-electron chi connectivity index (χ2n) is 7.56. The van der Waals surface area contributed by atoms with Crippen molar-refractivity contribution in [2.75, 3.05) is 11.9 Å². The maximum atomic E-state index is 13.3. The first kappa shape index (κ1) is 19.4. The van der Waals surface area contributed by atoms with Gasteiger partial charge in [0.25, 0.3) is 0 Å². The zero-order chi connectivity index (χ0) is 20.4. The fourth-order valence-electron chi connectivity index (χ4n) is 3.81. The maximum absolute atomic E-state index is 13.3. The Bertz CT molecular complexity index is 1030. The van der Waals surface area contributed by atoms with Gasteiger partial charge in [-0.1, -0.05) is 6.08 Å². The van der Waals surface area contributed by atoms with Crippen LogP contribution in [-0.4, -0.2) is 37.0 Å². The Morgan fingerprint density at radius 1 is 1.28 bits per heavy atom. The molecule has 3 aromatic heterocycles. The van der Waals surface area contributed by atoms with Crippen molar-refractivity contribution < 1.29 is 8.78 Å². The predicted molar refractivity (Wildman–Crippen MR) is 108 cm³/mol. The number of aryl methyl sites for hydroxylation is 1. The highest BCUT2D eigenvalue weighted by Crippen LogP contribution is 2.36. The molecule has 1 saturated carbocycles. The van der Waals surface area contributed by atoms with Gasteiger partial charge in [-0.15, -0.1) is 0 Å². The highest BCUT2D eigenvalue weighted by molar-refractivity contribution is 5.80. The van der Waals surface area contributed by atoms with Crippen LogP contribution in [0.3, 0.4) is 0 Å². The van der Waals surface area contributed by atoms with Crippen LogP contribution in [0.1, 0.15) is 49.4 Å². The minimum Gasteiger partial charge on any atom is -0.354 e. The van der Waals surface area contributed by atoms with Crippen LogP contribution in [0, 0.1) is 12.8 Å². The summed E-state index contributed by atoms with van der Waals surface area (Å²) in [6.45, 7) is 4.54. The minimum atomic E-state index is -2.50. The van der Waals surface area contributed by atoms with E-state index in [4.69, 9.17) is 0 Å². The molecule has 4 rings (SSSR count). The first-order chi connectivity index (χ1) is 13.9. The van der Waals surface area contributed by atoms with Gasteiger partial charge in [-0.25, -0.2) is 28.2 Å². The van der Waals surface area contributed by atoms with Gasteiger partial charge in [0.15, 0.2) is 5.65 Å². The number of nitrogens with zero attached hydrogens (tertiary/aromatic N) is 5. The molecule has 1 aliphatic carbocycles. The molecule has 29 heavy (non-hydrogen) atoms. The zero-order valence-corrected chi connectivity index (χ0v) is 16.6. The Morgan fingerprint density at radius 2 is 2.07 bits per heavy atom. The Balaban J connectivity index is 1.47. The lowest BCUT2D eigenvalue weighted by atomic mass is 9.87. The van der Waals surface area contributed by atoms with Gasteiger partial charge in [-0.2, -0.15) is 5.10 Å². The number of anilines is 1. The van der Waals surface area contributed by atoms with Crippen LogP contribution in [0.5, 0.6) is 0 Å². The van der Waals surface area contributed by atoms with E-state index in [0.717, 1.165) is 28.0 Å². The SMILES string of the molecule is C/C=C(/c1ccc2ncnn2c1)c1cnc(NCC2CCC(F)(F)CC2)nc1C. The molecule has 0 unspecified atom stereocenters. The number of pyridine rings is 1. The third kappa shape index (κ3) is 4.26. The molecule has 0 atom stereocenters. The topological polar surface area (TPSA) is 68.0 Å². The summed E-state index contributed by atoms with van der Waals surface area (Å²) in [6, 6.07) is 3.93. The maximum Gasteiger partial charge on any atom is 0.248 e. The second kappa shape index (κ2) is 7.85. The minimum absolute atomic E-state index is 0.0288. The molecule has 0 amide bonds. The molecule has 1 N–H and O–H groups in total. The summed E-state index contributed by atoms with van der Waals surface area (Å²) < 4.78 is 28.3. The van der Waals surface area contributed by atoms with Crippen LogP contribution in [0.15, 0.2) is 36.9 Å². The normalized spacial score (nSPS) is 17.6. The van der Waals surface area contributed by atoms with Crippen molar-refractivity contribution in [2.24, 2.45) is 5.92 Å². The second-order valence-corrected chi connectivity index (χ2v) is 7.56. The largest absolute Gasteiger partial charge is 0.354 e. The van der Waals surface area contributed by atoms with Gasteiger partial charge in [0.2, 0.25) is 11.9 Å². The van der Waals surface area contributed by atoms with E-state index in [2.05, 4.69) is 25.4 Å². The summed E-state index contributed by atoms with van der Waals surface area (Å²) >= 11 is 0. The molecule has 3 aromatic rings. The van der Waals surface area contributed by atoms with E-state index in [9.17, 15) is 8.78 Å². The first-order valence-electron chi connectivity index (χ1n) is 9.87. The summed E-state index contributed by atoms with van der Waals surface area (Å²) in [4.78, 5) is 13.2.